The number of carbonyl (C=O) groups is 1. The first-order valence-electron chi connectivity index (χ1n) is 5.40. The van der Waals surface area contributed by atoms with Crippen molar-refractivity contribution in [1.29, 1.82) is 0 Å². The van der Waals surface area contributed by atoms with E-state index < -0.39 is 0 Å². The van der Waals surface area contributed by atoms with Crippen LogP contribution in [-0.4, -0.2) is 12.6 Å². The van der Waals surface area contributed by atoms with Gasteiger partial charge in [-0.2, -0.15) is 0 Å². The van der Waals surface area contributed by atoms with Crippen molar-refractivity contribution >= 4 is 11.4 Å². The van der Waals surface area contributed by atoms with Crippen LogP contribution in [0.3, 0.4) is 0 Å². The molecule has 0 N–H and O–H groups in total. The molecule has 1 heterocycles. The van der Waals surface area contributed by atoms with Crippen molar-refractivity contribution in [2.24, 2.45) is 0 Å². The van der Waals surface area contributed by atoms with Crippen LogP contribution in [0.4, 0.5) is 0 Å². The Labute approximate surface area is 93.7 Å². The minimum atomic E-state index is 0.111. The second kappa shape index (κ2) is 3.37. The van der Waals surface area contributed by atoms with E-state index in [2.05, 4.69) is 0 Å². The summed E-state index contributed by atoms with van der Waals surface area (Å²) in [6.07, 6.45) is 3.81. The molecule has 1 aromatic rings. The zero-order chi connectivity index (χ0) is 11.1. The Morgan fingerprint density at radius 3 is 3.00 bits per heavy atom. The van der Waals surface area contributed by atoms with E-state index in [-0.39, 0.29) is 12.6 Å². The lowest BCUT2D eigenvalue weighted by Crippen LogP contribution is -2.06. The van der Waals surface area contributed by atoms with Gasteiger partial charge in [-0.3, -0.25) is 4.79 Å². The fraction of sp³-hybridized carbons (Fsp3) is 0.308. The van der Waals surface area contributed by atoms with Gasteiger partial charge in [-0.15, -0.1) is 0 Å². The van der Waals surface area contributed by atoms with Crippen molar-refractivity contribution in [2.75, 3.05) is 6.79 Å². The standard InChI is InChI=1S/C13H12O3/c1-8(14)9-3-2-4-11-10(9)5-6-12-13(11)16-7-15-12/h3,5-6H,2,4,7H2,1H3. The van der Waals surface area contributed by atoms with Gasteiger partial charge in [-0.25, -0.2) is 0 Å². The molecule has 0 bridgehead atoms. The zero-order valence-corrected chi connectivity index (χ0v) is 9.08. The molecule has 3 rings (SSSR count). The minimum Gasteiger partial charge on any atom is -0.454 e. The minimum absolute atomic E-state index is 0.111. The van der Waals surface area contributed by atoms with Gasteiger partial charge in [-0.1, -0.05) is 12.1 Å². The van der Waals surface area contributed by atoms with Gasteiger partial charge in [0, 0.05) is 11.1 Å². The Kier molecular flexibility index (Phi) is 1.99. The summed E-state index contributed by atoms with van der Waals surface area (Å²) in [5.41, 5.74) is 2.92. The number of rotatable bonds is 1. The smallest absolute Gasteiger partial charge is 0.231 e. The van der Waals surface area contributed by atoms with Crippen LogP contribution in [0.5, 0.6) is 11.5 Å². The molecule has 0 saturated carbocycles. The Bertz CT molecular complexity index is 500. The van der Waals surface area contributed by atoms with Gasteiger partial charge in [0.2, 0.25) is 6.79 Å². The van der Waals surface area contributed by atoms with Crippen LogP contribution < -0.4 is 9.47 Å². The molecule has 0 radical (unpaired) electrons. The normalized spacial score (nSPS) is 16.7. The molecular formula is C13H12O3. The number of hydrogen-bond donors (Lipinski definition) is 0. The van der Waals surface area contributed by atoms with Crippen LogP contribution in [-0.2, 0) is 11.2 Å². The second-order valence-corrected chi connectivity index (χ2v) is 4.04. The molecule has 0 spiro atoms. The average Bonchev–Trinajstić information content (AvgIpc) is 2.76. The third-order valence-electron chi connectivity index (χ3n) is 3.05. The molecular weight excluding hydrogens is 204 g/mol. The van der Waals surface area contributed by atoms with Gasteiger partial charge in [0.1, 0.15) is 0 Å². The van der Waals surface area contributed by atoms with E-state index in [1.807, 2.05) is 18.2 Å². The van der Waals surface area contributed by atoms with Crippen LogP contribution in [0.1, 0.15) is 24.5 Å². The third-order valence-corrected chi connectivity index (χ3v) is 3.05. The number of allylic oxidation sites excluding steroid dienone is 2. The van der Waals surface area contributed by atoms with Crippen molar-refractivity contribution < 1.29 is 14.3 Å². The molecule has 3 nitrogen and oxygen atoms in total. The summed E-state index contributed by atoms with van der Waals surface area (Å²) >= 11 is 0. The number of fused-ring (bicyclic) bond motifs is 3. The highest BCUT2D eigenvalue weighted by atomic mass is 16.7. The molecule has 82 valence electrons. The van der Waals surface area contributed by atoms with E-state index in [1.54, 1.807) is 6.92 Å². The molecule has 0 amide bonds. The van der Waals surface area contributed by atoms with Crippen LogP contribution in [0.15, 0.2) is 18.2 Å². The van der Waals surface area contributed by atoms with Crippen LogP contribution in [0.2, 0.25) is 0 Å². The maximum Gasteiger partial charge on any atom is 0.231 e. The van der Waals surface area contributed by atoms with E-state index in [4.69, 9.17) is 9.47 Å². The summed E-state index contributed by atoms with van der Waals surface area (Å²) < 4.78 is 10.8. The Hall–Kier alpha value is -1.77. The summed E-state index contributed by atoms with van der Waals surface area (Å²) in [6.45, 7) is 1.89. The molecule has 1 aromatic carbocycles. The first kappa shape index (κ1) is 9.46. The number of hydrogen-bond acceptors (Lipinski definition) is 3. The highest BCUT2D eigenvalue weighted by molar-refractivity contribution is 6.20. The monoisotopic (exact) mass is 216 g/mol. The number of ether oxygens (including phenoxy) is 2. The molecule has 1 aliphatic carbocycles. The predicted molar refractivity (Wildman–Crippen MR) is 59.5 cm³/mol. The summed E-state index contributed by atoms with van der Waals surface area (Å²) in [7, 11) is 0. The molecule has 3 heteroatoms. The van der Waals surface area contributed by atoms with E-state index >= 15 is 0 Å². The van der Waals surface area contributed by atoms with Crippen LogP contribution in [0.25, 0.3) is 5.57 Å². The molecule has 1 aliphatic heterocycles. The van der Waals surface area contributed by atoms with Crippen LogP contribution in [0, 0.1) is 0 Å². The highest BCUT2D eigenvalue weighted by Crippen LogP contribution is 2.42. The molecule has 0 saturated heterocycles. The summed E-state index contributed by atoms with van der Waals surface area (Å²) in [5, 5.41) is 0. The molecule has 2 aliphatic rings. The number of benzene rings is 1. The summed E-state index contributed by atoms with van der Waals surface area (Å²) in [6, 6.07) is 3.83. The van der Waals surface area contributed by atoms with E-state index in [0.29, 0.717) is 0 Å². The van der Waals surface area contributed by atoms with Gasteiger partial charge in [0.25, 0.3) is 0 Å². The zero-order valence-electron chi connectivity index (χ0n) is 9.08. The lowest BCUT2D eigenvalue weighted by molar-refractivity contribution is -0.111. The lowest BCUT2D eigenvalue weighted by Gasteiger charge is -2.17. The maximum atomic E-state index is 11.5. The Morgan fingerprint density at radius 1 is 1.31 bits per heavy atom. The van der Waals surface area contributed by atoms with Gasteiger partial charge in [0.05, 0.1) is 0 Å². The van der Waals surface area contributed by atoms with E-state index in [9.17, 15) is 4.79 Å². The van der Waals surface area contributed by atoms with Gasteiger partial charge < -0.3 is 9.47 Å². The van der Waals surface area contributed by atoms with Crippen molar-refractivity contribution in [3.8, 4) is 11.5 Å². The molecule has 0 fully saturated rings. The second-order valence-electron chi connectivity index (χ2n) is 4.04. The number of carbonyl (C=O) groups excluding carboxylic acids is 1. The summed E-state index contributed by atoms with van der Waals surface area (Å²) in [4.78, 5) is 11.5. The van der Waals surface area contributed by atoms with Crippen molar-refractivity contribution in [3.05, 3.63) is 29.3 Å². The van der Waals surface area contributed by atoms with Crippen LogP contribution >= 0.6 is 0 Å². The fourth-order valence-corrected chi connectivity index (χ4v) is 2.33. The van der Waals surface area contributed by atoms with E-state index in [1.165, 1.54) is 0 Å². The van der Waals surface area contributed by atoms with Gasteiger partial charge >= 0.3 is 0 Å². The topological polar surface area (TPSA) is 35.5 Å². The fourth-order valence-electron chi connectivity index (χ4n) is 2.33. The maximum absolute atomic E-state index is 11.5. The van der Waals surface area contributed by atoms with Gasteiger partial charge in [0.15, 0.2) is 17.3 Å². The van der Waals surface area contributed by atoms with Crippen molar-refractivity contribution in [1.82, 2.24) is 0 Å². The first-order valence-corrected chi connectivity index (χ1v) is 5.40. The quantitative estimate of drug-likeness (QED) is 0.722. The Morgan fingerprint density at radius 2 is 2.19 bits per heavy atom. The lowest BCUT2D eigenvalue weighted by atomic mass is 9.88. The number of ketones is 1. The number of Topliss-reactive ketones (excluding diaryl/α,β-unsaturated/α-hetero) is 1. The summed E-state index contributed by atoms with van der Waals surface area (Å²) in [5.74, 6) is 1.73. The SMILES string of the molecule is CC(=O)C1=CCCc2c1ccc1c2OCO1. The average molecular weight is 216 g/mol. The van der Waals surface area contributed by atoms with Gasteiger partial charge in [-0.05, 0) is 31.4 Å². The predicted octanol–water partition coefficient (Wildman–Crippen LogP) is 2.33. The highest BCUT2D eigenvalue weighted by Gasteiger charge is 2.25. The molecule has 0 aromatic heterocycles. The molecule has 16 heavy (non-hydrogen) atoms. The molecule has 0 atom stereocenters. The van der Waals surface area contributed by atoms with E-state index in [0.717, 1.165) is 41.0 Å². The Balaban J connectivity index is 2.19. The largest absolute Gasteiger partial charge is 0.454 e. The van der Waals surface area contributed by atoms with Crippen molar-refractivity contribution in [2.45, 2.75) is 19.8 Å². The first-order chi connectivity index (χ1) is 7.77. The van der Waals surface area contributed by atoms with Crippen molar-refractivity contribution in [3.63, 3.8) is 0 Å². The third kappa shape index (κ3) is 1.24. The molecule has 0 unspecified atom stereocenters.